The first-order chi connectivity index (χ1) is 25.8. The van der Waals surface area contributed by atoms with Gasteiger partial charge < -0.3 is 9.67 Å². The van der Waals surface area contributed by atoms with Crippen molar-refractivity contribution in [3.05, 3.63) is 52.0 Å². The number of aliphatic imine (C=N–C) groups is 1. The minimum atomic E-state index is -3.19. The van der Waals surface area contributed by atoms with Crippen LogP contribution in [0.1, 0.15) is 59.9 Å². The number of H-pyrrole nitrogens is 2. The summed E-state index contributed by atoms with van der Waals surface area (Å²) in [5.74, 6) is 22.2. The second kappa shape index (κ2) is 37.7. The van der Waals surface area contributed by atoms with Gasteiger partial charge in [-0.3, -0.25) is 28.7 Å². The zero-order valence-electron chi connectivity index (χ0n) is 31.2. The van der Waals surface area contributed by atoms with E-state index in [-0.39, 0.29) is 12.2 Å². The van der Waals surface area contributed by atoms with E-state index in [0.29, 0.717) is 54.3 Å². The molecule has 0 atom stereocenters. The van der Waals surface area contributed by atoms with Crippen LogP contribution in [0.25, 0.3) is 11.2 Å². The predicted molar refractivity (Wildman–Crippen MR) is 264 cm³/mol. The fourth-order valence-corrected chi connectivity index (χ4v) is 4.12. The van der Waals surface area contributed by atoms with Crippen LogP contribution in [0.5, 0.6) is 0 Å². The van der Waals surface area contributed by atoms with Crippen LogP contribution in [0.3, 0.4) is 0 Å². The van der Waals surface area contributed by atoms with Crippen molar-refractivity contribution < 1.29 is 23.0 Å². The Morgan fingerprint density at radius 1 is 0.855 bits per heavy atom. The number of aliphatic hydroxyl groups excluding tert-OH is 1. The van der Waals surface area contributed by atoms with Crippen LogP contribution >= 0.6 is 120 Å². The molecule has 0 aliphatic carbocycles. The molecule has 3 aromatic heterocycles. The summed E-state index contributed by atoms with van der Waals surface area (Å²) in [7, 11) is 5.06. The van der Waals surface area contributed by atoms with Crippen molar-refractivity contribution in [3.63, 3.8) is 0 Å². The molecule has 3 aromatic rings. The Bertz CT molecular complexity index is 2210. The summed E-state index contributed by atoms with van der Waals surface area (Å²) in [5.41, 5.74) is -0.523. The predicted octanol–water partition coefficient (Wildman–Crippen LogP) is 6.83. The average molecular weight is 1420 g/mol. The monoisotopic (exact) mass is 1420 g/mol. The second-order valence-corrected chi connectivity index (χ2v) is 25.5. The number of hydrogen-bond acceptors (Lipinski definition) is 9. The number of nitrogens with zero attached hydrogens (tertiary/aromatic N) is 5. The van der Waals surface area contributed by atoms with E-state index in [2.05, 4.69) is 187 Å². The van der Waals surface area contributed by atoms with Gasteiger partial charge in [-0.25, -0.2) is 28.0 Å². The molecular formula is C32H40Br2ClI4N7O7SV. The van der Waals surface area contributed by atoms with Gasteiger partial charge in [0.05, 0.1) is 23.0 Å². The molecule has 4 heterocycles. The number of halogens is 7. The van der Waals surface area contributed by atoms with Crippen LogP contribution in [-0.2, 0) is 45.6 Å². The Kier molecular flexibility index (Phi) is 41.8. The van der Waals surface area contributed by atoms with E-state index in [4.69, 9.17) is 5.11 Å². The van der Waals surface area contributed by atoms with Gasteiger partial charge in [-0.2, -0.15) is 0 Å². The summed E-state index contributed by atoms with van der Waals surface area (Å²) in [4.78, 5) is 58.2. The van der Waals surface area contributed by atoms with Crippen LogP contribution in [0, 0.1) is 47.4 Å². The molecule has 0 spiro atoms. The maximum absolute atomic E-state index is 11.8. The summed E-state index contributed by atoms with van der Waals surface area (Å²) in [6, 6.07) is 0. The SMILES string of the molecule is CC#CCC.CC#CCC.CC#CCO.CC#CCn1c(Br)nc2c1c(=O)[nH]c(=O)n2C.CS(=O)(=O)Cl.Cn1c2c(c(=O)[nH]c1=O)CC(Br)=N2.II.[I][V][I]. The van der Waals surface area contributed by atoms with Crippen molar-refractivity contribution >= 4 is 150 Å². The molecule has 14 nitrogen and oxygen atoms in total. The molecule has 305 valence electrons. The summed E-state index contributed by atoms with van der Waals surface area (Å²) in [5, 5.41) is 7.89. The molecular weight excluding hydrogens is 1380 g/mol. The molecule has 23 heteroatoms. The van der Waals surface area contributed by atoms with Gasteiger partial charge in [-0.1, -0.05) is 25.7 Å². The van der Waals surface area contributed by atoms with Gasteiger partial charge in [0.2, 0.25) is 9.05 Å². The molecule has 0 saturated heterocycles. The fraction of sp³-hybridized carbons (Fsp3) is 0.438. The average Bonchev–Trinajstić information content (AvgIpc) is 3.68. The normalized spacial score (nSPS) is 9.36. The van der Waals surface area contributed by atoms with Gasteiger partial charge in [0, 0.05) is 81.3 Å². The van der Waals surface area contributed by atoms with Gasteiger partial charge in [-0.15, -0.1) is 35.5 Å². The summed E-state index contributed by atoms with van der Waals surface area (Å²) in [6.07, 6.45) is 3.35. The number of aliphatic hydroxyl groups is 1. The van der Waals surface area contributed by atoms with Crippen molar-refractivity contribution in [2.45, 2.75) is 67.3 Å². The van der Waals surface area contributed by atoms with E-state index in [1.807, 2.05) is 27.7 Å². The molecule has 4 rings (SSSR count). The Morgan fingerprint density at radius 2 is 1.27 bits per heavy atom. The molecule has 0 fully saturated rings. The van der Waals surface area contributed by atoms with Crippen LogP contribution in [0.2, 0.25) is 0 Å². The number of aryl methyl sites for hydroxylation is 1. The third kappa shape index (κ3) is 29.3. The van der Waals surface area contributed by atoms with Gasteiger partial charge in [0.25, 0.3) is 11.1 Å². The quantitative estimate of drug-likeness (QED) is 0.102. The number of nitrogens with one attached hydrogen (secondary N) is 2. The molecule has 0 amide bonds. The molecule has 1 aliphatic heterocycles. The fourth-order valence-electron chi connectivity index (χ4n) is 3.20. The first kappa shape index (κ1) is 61.1. The van der Waals surface area contributed by atoms with Gasteiger partial charge in [0.1, 0.15) is 12.4 Å². The van der Waals surface area contributed by atoms with E-state index < -0.39 is 26.0 Å². The van der Waals surface area contributed by atoms with E-state index in [1.165, 1.54) is 9.13 Å². The third-order valence-corrected chi connectivity index (χ3v) is 6.34. The topological polar surface area (TPSA) is 194 Å². The molecule has 3 N–H and O–H groups in total. The van der Waals surface area contributed by atoms with Gasteiger partial charge >= 0.3 is 60.8 Å². The summed E-state index contributed by atoms with van der Waals surface area (Å²) in [6.45, 7) is 11.5. The van der Waals surface area contributed by atoms with E-state index >= 15 is 0 Å². The number of hydrogen-bond donors (Lipinski definition) is 3. The zero-order chi connectivity index (χ0) is 43.7. The van der Waals surface area contributed by atoms with Gasteiger partial charge in [0.15, 0.2) is 15.9 Å². The third-order valence-electron chi connectivity index (χ3n) is 5.27. The van der Waals surface area contributed by atoms with Crippen molar-refractivity contribution in [2.24, 2.45) is 19.1 Å². The first-order valence-electron chi connectivity index (χ1n) is 14.9. The van der Waals surface area contributed by atoms with Crippen LogP contribution in [0.4, 0.5) is 5.82 Å². The zero-order valence-corrected chi connectivity index (χ0v) is 45.9. The number of rotatable bonds is 1. The molecule has 55 heavy (non-hydrogen) atoms. The molecule has 1 aliphatic rings. The summed E-state index contributed by atoms with van der Waals surface area (Å²) < 4.78 is 24.2. The number of fused-ring (bicyclic) bond motifs is 2. The van der Waals surface area contributed by atoms with Crippen molar-refractivity contribution in [2.75, 3.05) is 12.9 Å². The van der Waals surface area contributed by atoms with E-state index in [9.17, 15) is 27.6 Å². The Morgan fingerprint density at radius 3 is 1.64 bits per heavy atom. The van der Waals surface area contributed by atoms with Crippen molar-refractivity contribution in [1.29, 1.82) is 0 Å². The van der Waals surface area contributed by atoms with E-state index in [0.717, 1.165) is 19.1 Å². The summed E-state index contributed by atoms with van der Waals surface area (Å²) >= 11 is 15.4. The molecule has 0 radical (unpaired) electrons. The van der Waals surface area contributed by atoms with Crippen molar-refractivity contribution in [1.82, 2.24) is 28.7 Å². The minimum absolute atomic E-state index is 0.0174. The van der Waals surface area contributed by atoms with Crippen LogP contribution < -0.4 is 22.5 Å². The molecule has 0 aromatic carbocycles. The Labute approximate surface area is 395 Å². The number of imidazole rings is 1. The first-order valence-corrected chi connectivity index (χ1v) is 34.5. The molecule has 0 saturated carbocycles. The Balaban J connectivity index is -0.000000302. The van der Waals surface area contributed by atoms with E-state index in [1.54, 1.807) is 32.5 Å². The van der Waals surface area contributed by atoms with Crippen LogP contribution in [0.15, 0.2) is 28.9 Å². The maximum atomic E-state index is 11.8. The van der Waals surface area contributed by atoms with Crippen LogP contribution in [-0.4, -0.2) is 59.7 Å². The van der Waals surface area contributed by atoms with Crippen molar-refractivity contribution in [3.8, 4) is 47.4 Å². The second-order valence-electron chi connectivity index (χ2n) is 9.06. The standard InChI is InChI=1S/C10H9BrN4O2.C7H6BrN3O2.2C5H8.C4H6O.CH3ClO2S.I2.2HI.V/c1-3-4-5-15-6-7(12-9(15)11)14(2)10(17)13-8(6)16;1-11-5-3(2-4(8)9-5)6(12)10-7(11)13;2*1-3-5-4-2;1-2-3-4-5;1-5(2,3)4;1-2;;;/h5H2,1-2H3,(H,13,16,17);2H2,1H3,(H,10,12,13);2*3H2,1-2H3;5H,4H2,1H3;1H3;;2*1H;/q;;;;;;;;;+2/p-2. The van der Waals surface area contributed by atoms with Gasteiger partial charge in [-0.05, 0) is 59.6 Å². The number of aromatic amines is 2. The molecule has 0 bridgehead atoms. The molecule has 0 unspecified atom stereocenters. The number of aromatic nitrogens is 6. The Hall–Kier alpha value is -0.596.